The van der Waals surface area contributed by atoms with Gasteiger partial charge in [-0.3, -0.25) is 0 Å². The Morgan fingerprint density at radius 2 is 0.925 bits per heavy atom. The molecule has 2 aliphatic heterocycles. The van der Waals surface area contributed by atoms with Gasteiger partial charge in [0.05, 0.1) is 22.8 Å². The van der Waals surface area contributed by atoms with Gasteiger partial charge in [0.2, 0.25) is 0 Å². The Kier molecular flexibility index (Phi) is 6.32. The number of hydrogen-bond donors (Lipinski definition) is 2. The SMILES string of the molecule is Cc1c2nc(c(-c3ccc(I)cc3)c3ccc([nH]3)c(C)c3nc(c(-c4ccc(Br)cc4)c4ccc1[nH]4)C=C3)C=C2. The summed E-state index contributed by atoms with van der Waals surface area (Å²) in [5.74, 6) is 0. The highest BCUT2D eigenvalue weighted by atomic mass is 127. The standard InChI is InChI=1S/C34H24BrIN4/c1-19-25-11-15-29(37-25)33(21-3-7-23(35)8-4-21)30-16-12-26(38-30)20(2)28-14-18-32(40-28)34(31-17-13-27(19)39-31)22-5-9-24(36)10-6-22/h3-18,37,40H,1-2H3. The van der Waals surface area contributed by atoms with E-state index in [9.17, 15) is 0 Å². The van der Waals surface area contributed by atoms with E-state index in [4.69, 9.17) is 9.97 Å². The van der Waals surface area contributed by atoms with Crippen molar-refractivity contribution in [3.05, 3.63) is 115 Å². The molecule has 0 fully saturated rings. The quantitative estimate of drug-likeness (QED) is 0.177. The first-order chi connectivity index (χ1) is 19.4. The van der Waals surface area contributed by atoms with Crippen molar-refractivity contribution in [2.45, 2.75) is 13.8 Å². The first kappa shape index (κ1) is 25.2. The molecule has 0 atom stereocenters. The summed E-state index contributed by atoms with van der Waals surface area (Å²) in [7, 11) is 0. The molecule has 0 amide bonds. The molecule has 4 nitrogen and oxygen atoms in total. The summed E-state index contributed by atoms with van der Waals surface area (Å²) in [5.41, 5.74) is 14.4. The Bertz CT molecular complexity index is 1880. The van der Waals surface area contributed by atoms with Crippen molar-refractivity contribution < 1.29 is 0 Å². The molecule has 0 saturated heterocycles. The van der Waals surface area contributed by atoms with Crippen LogP contribution in [0, 0.1) is 17.4 Å². The van der Waals surface area contributed by atoms with Crippen LogP contribution >= 0.6 is 38.5 Å². The highest BCUT2D eigenvalue weighted by Crippen LogP contribution is 2.34. The first-order valence-electron chi connectivity index (χ1n) is 13.1. The summed E-state index contributed by atoms with van der Waals surface area (Å²) in [6.07, 6.45) is 8.46. The van der Waals surface area contributed by atoms with Gasteiger partial charge < -0.3 is 9.97 Å². The fourth-order valence-electron chi connectivity index (χ4n) is 5.33. The summed E-state index contributed by atoms with van der Waals surface area (Å²) in [6.45, 7) is 4.25. The van der Waals surface area contributed by atoms with E-state index in [1.807, 2.05) is 0 Å². The minimum atomic E-state index is 0.932. The number of rotatable bonds is 2. The predicted molar refractivity (Wildman–Crippen MR) is 180 cm³/mol. The van der Waals surface area contributed by atoms with Crippen molar-refractivity contribution in [2.75, 3.05) is 0 Å². The summed E-state index contributed by atoms with van der Waals surface area (Å²) >= 11 is 5.92. The fourth-order valence-corrected chi connectivity index (χ4v) is 5.96. The van der Waals surface area contributed by atoms with Gasteiger partial charge in [-0.1, -0.05) is 40.2 Å². The number of nitrogens with zero attached hydrogens (tertiary/aromatic N) is 2. The van der Waals surface area contributed by atoms with Crippen LogP contribution in [-0.2, 0) is 0 Å². The van der Waals surface area contributed by atoms with Crippen molar-refractivity contribution in [1.29, 1.82) is 0 Å². The van der Waals surface area contributed by atoms with E-state index < -0.39 is 0 Å². The lowest BCUT2D eigenvalue weighted by atomic mass is 10.0. The second kappa shape index (κ2) is 10.0. The third kappa shape index (κ3) is 4.45. The van der Waals surface area contributed by atoms with E-state index in [0.717, 1.165) is 82.7 Å². The van der Waals surface area contributed by atoms with Gasteiger partial charge >= 0.3 is 0 Å². The number of nitrogens with one attached hydrogen (secondary N) is 2. The Morgan fingerprint density at radius 3 is 1.40 bits per heavy atom. The summed E-state index contributed by atoms with van der Waals surface area (Å²) in [6, 6.07) is 25.6. The molecule has 194 valence electrons. The van der Waals surface area contributed by atoms with Gasteiger partial charge in [-0.2, -0.15) is 0 Å². The monoisotopic (exact) mass is 694 g/mol. The van der Waals surface area contributed by atoms with Crippen LogP contribution in [0.25, 0.3) is 68.6 Å². The van der Waals surface area contributed by atoms with Crippen LogP contribution in [0.5, 0.6) is 0 Å². The predicted octanol–water partition coefficient (Wildman–Crippen LogP) is 9.97. The average molecular weight is 695 g/mol. The lowest BCUT2D eigenvalue weighted by Crippen LogP contribution is -1.88. The number of aromatic nitrogens is 4. The Balaban J connectivity index is 1.61. The normalized spacial score (nSPS) is 12.3. The van der Waals surface area contributed by atoms with Crippen molar-refractivity contribution >= 4 is 84.9 Å². The molecule has 6 heteroatoms. The van der Waals surface area contributed by atoms with Crippen molar-refractivity contribution in [3.63, 3.8) is 0 Å². The van der Waals surface area contributed by atoms with Gasteiger partial charge in [-0.15, -0.1) is 0 Å². The van der Waals surface area contributed by atoms with E-state index in [0.29, 0.717) is 0 Å². The third-order valence-electron chi connectivity index (χ3n) is 7.55. The van der Waals surface area contributed by atoms with E-state index in [1.54, 1.807) is 0 Å². The zero-order valence-electron chi connectivity index (χ0n) is 21.9. The summed E-state index contributed by atoms with van der Waals surface area (Å²) < 4.78 is 2.25. The highest BCUT2D eigenvalue weighted by Gasteiger charge is 2.15. The van der Waals surface area contributed by atoms with Gasteiger partial charge in [-0.25, -0.2) is 9.97 Å². The average Bonchev–Trinajstić information content (AvgIpc) is 3.78. The molecule has 0 spiro atoms. The Hall–Kier alpha value is -3.75. The molecule has 40 heavy (non-hydrogen) atoms. The molecular weight excluding hydrogens is 671 g/mol. The molecular formula is C34H24BrIN4. The van der Waals surface area contributed by atoms with E-state index in [1.165, 1.54) is 3.57 Å². The zero-order valence-corrected chi connectivity index (χ0v) is 25.6. The number of halogens is 2. The highest BCUT2D eigenvalue weighted by molar-refractivity contribution is 14.1. The molecule has 0 aliphatic carbocycles. The number of benzene rings is 2. The van der Waals surface area contributed by atoms with Gasteiger partial charge in [0.15, 0.2) is 0 Å². The smallest absolute Gasteiger partial charge is 0.0737 e. The Morgan fingerprint density at radius 1 is 0.525 bits per heavy atom. The van der Waals surface area contributed by atoms with Crippen LogP contribution in [0.1, 0.15) is 33.9 Å². The van der Waals surface area contributed by atoms with Gasteiger partial charge in [0, 0.05) is 41.2 Å². The first-order valence-corrected chi connectivity index (χ1v) is 14.9. The molecule has 0 saturated carbocycles. The number of aryl methyl sites for hydroxylation is 2. The molecule has 8 bridgehead atoms. The Labute approximate surface area is 254 Å². The van der Waals surface area contributed by atoms with Gasteiger partial charge in [-0.05, 0) is 132 Å². The molecule has 5 heterocycles. The van der Waals surface area contributed by atoms with Crippen LogP contribution in [0.3, 0.4) is 0 Å². The molecule has 3 aromatic heterocycles. The van der Waals surface area contributed by atoms with Gasteiger partial charge in [0.25, 0.3) is 0 Å². The van der Waals surface area contributed by atoms with E-state index in [-0.39, 0.29) is 0 Å². The zero-order chi connectivity index (χ0) is 27.4. The number of aromatic amines is 2. The molecule has 0 radical (unpaired) electrons. The fraction of sp³-hybridized carbons (Fsp3) is 0.0588. The molecule has 2 aromatic carbocycles. The number of fused-ring (bicyclic) bond motifs is 8. The van der Waals surface area contributed by atoms with Crippen LogP contribution in [0.4, 0.5) is 0 Å². The van der Waals surface area contributed by atoms with E-state index in [2.05, 4.69) is 159 Å². The minimum absolute atomic E-state index is 0.932. The molecule has 0 unspecified atom stereocenters. The summed E-state index contributed by atoms with van der Waals surface area (Å²) in [5, 5.41) is 0. The lowest BCUT2D eigenvalue weighted by Gasteiger charge is -2.05. The van der Waals surface area contributed by atoms with Crippen molar-refractivity contribution in [2.24, 2.45) is 0 Å². The van der Waals surface area contributed by atoms with Crippen molar-refractivity contribution in [3.8, 4) is 22.3 Å². The second-order valence-electron chi connectivity index (χ2n) is 10.0. The molecule has 5 aromatic rings. The maximum Gasteiger partial charge on any atom is 0.0737 e. The molecule has 2 N–H and O–H groups in total. The maximum atomic E-state index is 5.14. The minimum Gasteiger partial charge on any atom is -0.355 e. The van der Waals surface area contributed by atoms with Crippen LogP contribution in [0.2, 0.25) is 0 Å². The number of hydrogen-bond acceptors (Lipinski definition) is 2. The van der Waals surface area contributed by atoms with Crippen LogP contribution in [-0.4, -0.2) is 19.9 Å². The van der Waals surface area contributed by atoms with E-state index >= 15 is 0 Å². The topological polar surface area (TPSA) is 57.4 Å². The summed E-state index contributed by atoms with van der Waals surface area (Å²) in [4.78, 5) is 17.6. The van der Waals surface area contributed by atoms with Crippen molar-refractivity contribution in [1.82, 2.24) is 19.9 Å². The largest absolute Gasteiger partial charge is 0.355 e. The third-order valence-corrected chi connectivity index (χ3v) is 8.79. The van der Waals surface area contributed by atoms with Crippen LogP contribution in [0.15, 0.2) is 77.3 Å². The lowest BCUT2D eigenvalue weighted by molar-refractivity contribution is 1.26. The number of H-pyrrole nitrogens is 2. The van der Waals surface area contributed by atoms with Crippen LogP contribution < -0.4 is 0 Å². The molecule has 7 rings (SSSR count). The maximum absolute atomic E-state index is 5.14. The molecule has 2 aliphatic rings. The van der Waals surface area contributed by atoms with Gasteiger partial charge in [0.1, 0.15) is 0 Å². The second-order valence-corrected chi connectivity index (χ2v) is 12.2.